The van der Waals surface area contributed by atoms with Crippen LogP contribution >= 0.6 is 0 Å². The van der Waals surface area contributed by atoms with E-state index in [0.717, 1.165) is 38.5 Å². The summed E-state index contributed by atoms with van der Waals surface area (Å²) < 4.78 is 0. The van der Waals surface area contributed by atoms with Crippen LogP contribution in [-0.4, -0.2) is 14.1 Å². The van der Waals surface area contributed by atoms with Crippen LogP contribution in [0.25, 0.3) is 0 Å². The van der Waals surface area contributed by atoms with Crippen LogP contribution in [0, 0.1) is 32.1 Å². The van der Waals surface area contributed by atoms with Crippen LogP contribution in [0.2, 0.25) is 0 Å². The maximum Gasteiger partial charge on any atom is 0.574 e. The summed E-state index contributed by atoms with van der Waals surface area (Å²) in [5, 5.41) is 0. The third-order valence-electron chi connectivity index (χ3n) is 1.86. The van der Waals surface area contributed by atoms with Crippen molar-refractivity contribution in [3.63, 3.8) is 0 Å². The van der Waals surface area contributed by atoms with E-state index in [2.05, 4.69) is 52.9 Å². The van der Waals surface area contributed by atoms with E-state index in [1.807, 2.05) is 0 Å². The highest BCUT2D eigenvalue weighted by atomic mass is 27.2. The molecule has 0 aliphatic rings. The van der Waals surface area contributed by atoms with E-state index in [9.17, 15) is 0 Å². The normalized spacial score (nSPS) is 7.69. The molecule has 0 saturated heterocycles. The summed E-state index contributed by atoms with van der Waals surface area (Å²) in [4.78, 5) is 9.84. The quantitative estimate of drug-likeness (QED) is 0.512. The first-order valence-electron chi connectivity index (χ1n) is 6.30. The molecule has 0 radical (unpaired) electrons. The zero-order chi connectivity index (χ0) is 12.1. The lowest BCUT2D eigenvalue weighted by molar-refractivity contribution is 0.983. The van der Waals surface area contributed by atoms with Crippen molar-refractivity contribution in [3.8, 4) is 32.1 Å². The second-order valence-electron chi connectivity index (χ2n) is 3.65. The molecular weight excluding hydrogens is 207 g/mol. The molecule has 0 unspecified atom stereocenters. The minimum absolute atomic E-state index is 0.981. The van der Waals surface area contributed by atoms with E-state index in [-0.39, 0.29) is 0 Å². The molecule has 0 aromatic heterocycles. The first-order chi connectivity index (χ1) is 7.85. The summed E-state index contributed by atoms with van der Waals surface area (Å²) in [6, 6.07) is 0. The van der Waals surface area contributed by atoms with Gasteiger partial charge in [0.25, 0.3) is 0 Å². The maximum atomic E-state index is 3.28. The Labute approximate surface area is 106 Å². The summed E-state index contributed by atoms with van der Waals surface area (Å²) in [7, 11) is 0. The lowest BCUT2D eigenvalue weighted by Gasteiger charge is -1.84. The van der Waals surface area contributed by atoms with Gasteiger partial charge in [0.2, 0.25) is 0 Å². The predicted octanol–water partition coefficient (Wildman–Crippen LogP) is 3.51. The van der Waals surface area contributed by atoms with E-state index < -0.39 is 14.1 Å². The third-order valence-corrected chi connectivity index (χ3v) is 3.34. The fourth-order valence-electron chi connectivity index (χ4n) is 1.01. The summed E-state index contributed by atoms with van der Waals surface area (Å²) in [5.41, 5.74) is 0. The van der Waals surface area contributed by atoms with Crippen molar-refractivity contribution < 1.29 is 0 Å². The van der Waals surface area contributed by atoms with E-state index >= 15 is 0 Å². The standard InChI is InChI=1S/3C5H7.Al/c3*1-3-5-4-2;/h3*3,5H2,1H3;. The summed E-state index contributed by atoms with van der Waals surface area (Å²) in [6.07, 6.45) is 6.31. The fourth-order valence-corrected chi connectivity index (χ4v) is 2.27. The van der Waals surface area contributed by atoms with Gasteiger partial charge in [-0.3, -0.25) is 0 Å². The maximum absolute atomic E-state index is 3.28. The topological polar surface area (TPSA) is 0 Å². The monoisotopic (exact) mass is 228 g/mol. The van der Waals surface area contributed by atoms with Gasteiger partial charge in [-0.15, -0.1) is 17.8 Å². The predicted molar refractivity (Wildman–Crippen MR) is 73.8 cm³/mol. The molecule has 0 nitrogen and oxygen atoms in total. The number of hydrogen-bond donors (Lipinski definition) is 0. The minimum Gasteiger partial charge on any atom is -0.169 e. The van der Waals surface area contributed by atoms with Crippen LogP contribution in [0.4, 0.5) is 0 Å². The average Bonchev–Trinajstić information content (AvgIpc) is 2.29. The highest BCUT2D eigenvalue weighted by Crippen LogP contribution is 1.87. The van der Waals surface area contributed by atoms with Crippen LogP contribution in [0.15, 0.2) is 0 Å². The average molecular weight is 228 g/mol. The zero-order valence-corrected chi connectivity index (χ0v) is 12.0. The summed E-state index contributed by atoms with van der Waals surface area (Å²) in [5.74, 6) is 9.59. The van der Waals surface area contributed by atoms with E-state index in [4.69, 9.17) is 0 Å². The van der Waals surface area contributed by atoms with Gasteiger partial charge in [0.05, 0.1) is 0 Å². The van der Waals surface area contributed by atoms with Gasteiger partial charge in [-0.2, -0.15) is 14.3 Å². The lowest BCUT2D eigenvalue weighted by atomic mass is 10.4. The highest BCUT2D eigenvalue weighted by molar-refractivity contribution is 6.82. The molecule has 0 amide bonds. The van der Waals surface area contributed by atoms with Crippen molar-refractivity contribution in [2.45, 2.75) is 59.3 Å². The zero-order valence-electron chi connectivity index (χ0n) is 10.8. The van der Waals surface area contributed by atoms with Gasteiger partial charge in [-0.1, -0.05) is 20.8 Å². The number of rotatable bonds is 3. The molecule has 0 atom stereocenters. The summed E-state index contributed by atoms with van der Waals surface area (Å²) >= 11 is -1.41. The summed E-state index contributed by atoms with van der Waals surface area (Å²) in [6.45, 7) is 6.45. The Hall–Kier alpha value is -0.788. The van der Waals surface area contributed by atoms with Gasteiger partial charge < -0.3 is 0 Å². The second-order valence-corrected chi connectivity index (χ2v) is 5.38. The van der Waals surface area contributed by atoms with Crippen molar-refractivity contribution >= 4 is 14.1 Å². The van der Waals surface area contributed by atoms with Gasteiger partial charge in [-0.25, -0.2) is 0 Å². The van der Waals surface area contributed by atoms with Crippen molar-refractivity contribution in [2.24, 2.45) is 0 Å². The number of unbranched alkanes of at least 4 members (excludes halogenated alkanes) is 3. The molecule has 84 valence electrons. The smallest absolute Gasteiger partial charge is 0.169 e. The molecule has 0 heterocycles. The van der Waals surface area contributed by atoms with E-state index in [1.165, 1.54) is 0 Å². The minimum atomic E-state index is -1.41. The second kappa shape index (κ2) is 12.3. The van der Waals surface area contributed by atoms with Crippen molar-refractivity contribution in [3.05, 3.63) is 0 Å². The molecule has 0 aliphatic carbocycles. The third kappa shape index (κ3) is 9.76. The molecule has 0 saturated carbocycles. The molecule has 16 heavy (non-hydrogen) atoms. The molecule has 0 fully saturated rings. The fraction of sp³-hybridized carbons (Fsp3) is 0.600. The Morgan fingerprint density at radius 2 is 0.938 bits per heavy atom. The van der Waals surface area contributed by atoms with Crippen LogP contribution in [0.3, 0.4) is 0 Å². The highest BCUT2D eigenvalue weighted by Gasteiger charge is 2.07. The molecule has 0 spiro atoms. The Balaban J connectivity index is 4.37. The lowest BCUT2D eigenvalue weighted by Crippen LogP contribution is -2.04. The molecule has 0 bridgehead atoms. The SMILES string of the molecule is CCCC#[C][Al]([C]#CCCC)[C]#CCCC. The molecule has 0 N–H and O–H groups in total. The Morgan fingerprint density at radius 1 is 0.625 bits per heavy atom. The van der Waals surface area contributed by atoms with Crippen LogP contribution in [0.1, 0.15) is 59.3 Å². The van der Waals surface area contributed by atoms with E-state index in [1.54, 1.807) is 0 Å². The molecule has 0 aliphatic heterocycles. The molecule has 0 aromatic carbocycles. The molecule has 0 aromatic rings. The first-order valence-corrected chi connectivity index (χ1v) is 8.03. The Morgan fingerprint density at radius 3 is 1.19 bits per heavy atom. The Kier molecular flexibility index (Phi) is 11.7. The Bertz CT molecular complexity index is 278. The first kappa shape index (κ1) is 15.2. The van der Waals surface area contributed by atoms with Gasteiger partial charge in [0.1, 0.15) is 0 Å². The largest absolute Gasteiger partial charge is 0.574 e. The molecule has 1 heteroatoms. The van der Waals surface area contributed by atoms with E-state index in [0.29, 0.717) is 0 Å². The van der Waals surface area contributed by atoms with Gasteiger partial charge in [-0.05, 0) is 19.3 Å². The van der Waals surface area contributed by atoms with Crippen LogP contribution < -0.4 is 0 Å². The van der Waals surface area contributed by atoms with Crippen molar-refractivity contribution in [1.82, 2.24) is 0 Å². The van der Waals surface area contributed by atoms with Gasteiger partial charge in [0, 0.05) is 19.3 Å². The molecule has 0 rings (SSSR count). The van der Waals surface area contributed by atoms with Crippen LogP contribution in [-0.2, 0) is 0 Å². The van der Waals surface area contributed by atoms with Gasteiger partial charge in [0.15, 0.2) is 0 Å². The van der Waals surface area contributed by atoms with Crippen LogP contribution in [0.5, 0.6) is 0 Å². The van der Waals surface area contributed by atoms with Crippen molar-refractivity contribution in [2.75, 3.05) is 0 Å². The van der Waals surface area contributed by atoms with Gasteiger partial charge >= 0.3 is 14.1 Å². The van der Waals surface area contributed by atoms with Crippen molar-refractivity contribution in [1.29, 1.82) is 0 Å². The number of hydrogen-bond acceptors (Lipinski definition) is 0. The molecular formula is C15H21Al.